The van der Waals surface area contributed by atoms with Crippen LogP contribution >= 0.6 is 0 Å². The summed E-state index contributed by atoms with van der Waals surface area (Å²) in [4.78, 5) is 29.7. The Hall–Kier alpha value is -2.86. The van der Waals surface area contributed by atoms with Crippen molar-refractivity contribution in [2.24, 2.45) is 11.1 Å². The number of H-pyrrole nitrogens is 1. The first-order valence-electron chi connectivity index (χ1n) is 10.7. The first-order valence-corrected chi connectivity index (χ1v) is 10.7. The number of nitrogens with zero attached hydrogens (tertiary/aromatic N) is 1. The summed E-state index contributed by atoms with van der Waals surface area (Å²) in [6.07, 6.45) is 8.45. The van der Waals surface area contributed by atoms with Crippen molar-refractivity contribution < 1.29 is 14.3 Å². The Kier molecular flexibility index (Phi) is 4.54. The van der Waals surface area contributed by atoms with E-state index in [1.54, 1.807) is 0 Å². The average Bonchev–Trinajstić information content (AvgIpc) is 3.37. The molecular formula is C24H27N3O3. The molecule has 1 fully saturated rings. The van der Waals surface area contributed by atoms with Crippen molar-refractivity contribution in [3.63, 3.8) is 0 Å². The summed E-state index contributed by atoms with van der Waals surface area (Å²) in [7, 11) is 0. The summed E-state index contributed by atoms with van der Waals surface area (Å²) in [5.74, 6) is -0.478. The van der Waals surface area contributed by atoms with E-state index >= 15 is 0 Å². The van der Waals surface area contributed by atoms with Crippen molar-refractivity contribution in [2.45, 2.75) is 32.1 Å². The molecular weight excluding hydrogens is 378 g/mol. The van der Waals surface area contributed by atoms with E-state index in [4.69, 9.17) is 10.5 Å². The van der Waals surface area contributed by atoms with Gasteiger partial charge in [0, 0.05) is 36.2 Å². The van der Waals surface area contributed by atoms with Gasteiger partial charge in [-0.2, -0.15) is 0 Å². The first-order chi connectivity index (χ1) is 14.5. The third kappa shape index (κ3) is 2.98. The lowest BCUT2D eigenvalue weighted by molar-refractivity contribution is -0.125. The molecule has 1 aromatic heterocycles. The maximum absolute atomic E-state index is 12.2. The molecule has 0 bridgehead atoms. The maximum atomic E-state index is 12.2. The van der Waals surface area contributed by atoms with Gasteiger partial charge in [0.15, 0.2) is 0 Å². The fourth-order valence-corrected chi connectivity index (χ4v) is 5.40. The molecule has 1 atom stereocenters. The largest absolute Gasteiger partial charge is 0.381 e. The second-order valence-corrected chi connectivity index (χ2v) is 8.82. The number of benzene rings is 1. The molecule has 2 aliphatic heterocycles. The van der Waals surface area contributed by atoms with Crippen molar-refractivity contribution in [2.75, 3.05) is 26.3 Å². The highest BCUT2D eigenvalue weighted by Gasteiger charge is 2.40. The minimum absolute atomic E-state index is 0.0521. The monoisotopic (exact) mass is 405 g/mol. The predicted molar refractivity (Wildman–Crippen MR) is 116 cm³/mol. The number of aromatic amines is 1. The highest BCUT2D eigenvalue weighted by molar-refractivity contribution is 6.09. The van der Waals surface area contributed by atoms with Crippen LogP contribution in [0.3, 0.4) is 0 Å². The van der Waals surface area contributed by atoms with Crippen LogP contribution in [0.5, 0.6) is 0 Å². The molecule has 1 saturated heterocycles. The Bertz CT molecular complexity index is 1090. The van der Waals surface area contributed by atoms with E-state index < -0.39 is 5.91 Å². The average molecular weight is 405 g/mol. The number of rotatable bonds is 3. The van der Waals surface area contributed by atoms with E-state index in [2.05, 4.69) is 17.6 Å². The van der Waals surface area contributed by atoms with Gasteiger partial charge in [0.2, 0.25) is 5.91 Å². The van der Waals surface area contributed by atoms with Crippen LogP contribution in [0.1, 0.15) is 46.4 Å². The lowest BCUT2D eigenvalue weighted by atomic mass is 9.72. The van der Waals surface area contributed by atoms with Gasteiger partial charge in [0.1, 0.15) is 0 Å². The van der Waals surface area contributed by atoms with Gasteiger partial charge in [-0.15, -0.1) is 0 Å². The normalized spacial score (nSPS) is 23.5. The number of amides is 2. The minimum Gasteiger partial charge on any atom is -0.381 e. The molecule has 3 N–H and O–H groups in total. The van der Waals surface area contributed by atoms with Crippen LogP contribution in [0.2, 0.25) is 0 Å². The lowest BCUT2D eigenvalue weighted by Crippen LogP contribution is -2.34. The van der Waals surface area contributed by atoms with Gasteiger partial charge in [0.25, 0.3) is 5.91 Å². The number of carbonyl (C=O) groups excluding carboxylic acids is 2. The quantitative estimate of drug-likeness (QED) is 0.770. The second kappa shape index (κ2) is 7.13. The lowest BCUT2D eigenvalue weighted by Gasteiger charge is -2.32. The molecule has 0 saturated carbocycles. The van der Waals surface area contributed by atoms with Crippen molar-refractivity contribution in [1.29, 1.82) is 0 Å². The summed E-state index contributed by atoms with van der Waals surface area (Å²) in [6.45, 7) is 6.49. The number of nitrogens with two attached hydrogens (primary N) is 1. The van der Waals surface area contributed by atoms with Crippen LogP contribution in [-0.4, -0.2) is 48.0 Å². The van der Waals surface area contributed by atoms with Crippen LogP contribution in [0.4, 0.5) is 0 Å². The zero-order valence-corrected chi connectivity index (χ0v) is 17.1. The van der Waals surface area contributed by atoms with E-state index in [-0.39, 0.29) is 11.3 Å². The molecule has 2 aromatic rings. The number of nitrogens with one attached hydrogen (secondary N) is 1. The molecule has 1 unspecified atom stereocenters. The second-order valence-electron chi connectivity index (χ2n) is 8.82. The number of hydrogen-bond acceptors (Lipinski definition) is 3. The van der Waals surface area contributed by atoms with E-state index in [1.165, 1.54) is 17.3 Å². The first kappa shape index (κ1) is 19.1. The maximum Gasteiger partial charge on any atom is 0.250 e. The third-order valence-electron chi connectivity index (χ3n) is 7.04. The molecule has 6 heteroatoms. The predicted octanol–water partition coefficient (Wildman–Crippen LogP) is 2.96. The van der Waals surface area contributed by atoms with Gasteiger partial charge < -0.3 is 20.4 Å². The summed E-state index contributed by atoms with van der Waals surface area (Å²) < 4.78 is 5.75. The summed E-state index contributed by atoms with van der Waals surface area (Å²) in [5, 5.41) is 1.09. The molecule has 3 aliphatic rings. The Morgan fingerprint density at radius 2 is 2.17 bits per heavy atom. The molecule has 1 aromatic carbocycles. The van der Waals surface area contributed by atoms with E-state index in [0.717, 1.165) is 67.4 Å². The topological polar surface area (TPSA) is 88.4 Å². The summed E-state index contributed by atoms with van der Waals surface area (Å²) in [6, 6.07) is 3.81. The number of fused-ring (bicyclic) bond motifs is 3. The van der Waals surface area contributed by atoms with E-state index in [9.17, 15) is 9.59 Å². The van der Waals surface area contributed by atoms with Gasteiger partial charge in [-0.25, -0.2) is 0 Å². The number of ether oxygens (including phenoxy) is 1. The Morgan fingerprint density at radius 3 is 2.90 bits per heavy atom. The molecule has 156 valence electrons. The molecule has 0 radical (unpaired) electrons. The van der Waals surface area contributed by atoms with Crippen LogP contribution in [-0.2, 0) is 22.4 Å². The number of aromatic nitrogens is 1. The summed E-state index contributed by atoms with van der Waals surface area (Å²) in [5.41, 5.74) is 11.9. The van der Waals surface area contributed by atoms with Crippen LogP contribution < -0.4 is 5.73 Å². The SMILES string of the molecule is C=CC(=O)N1CCC=C(c2ccc(C(N)=O)c3[nH]c4c(c23)CC2(CCOC2)CC4)C1. The molecule has 5 rings (SSSR count). The zero-order valence-electron chi connectivity index (χ0n) is 17.1. The summed E-state index contributed by atoms with van der Waals surface area (Å²) >= 11 is 0. The smallest absolute Gasteiger partial charge is 0.250 e. The molecule has 6 nitrogen and oxygen atoms in total. The van der Waals surface area contributed by atoms with Crippen molar-refractivity contribution in [1.82, 2.24) is 9.88 Å². The highest BCUT2D eigenvalue weighted by Crippen LogP contribution is 2.45. The Morgan fingerprint density at radius 1 is 1.30 bits per heavy atom. The molecule has 2 amide bonds. The Balaban J connectivity index is 1.66. The number of hydrogen-bond donors (Lipinski definition) is 2. The van der Waals surface area contributed by atoms with Crippen LogP contribution in [0.25, 0.3) is 16.5 Å². The van der Waals surface area contributed by atoms with Gasteiger partial charge >= 0.3 is 0 Å². The molecule has 30 heavy (non-hydrogen) atoms. The Labute approximate surface area is 175 Å². The van der Waals surface area contributed by atoms with Crippen LogP contribution in [0, 0.1) is 5.41 Å². The minimum atomic E-state index is -0.426. The fraction of sp³-hybridized carbons (Fsp3) is 0.417. The van der Waals surface area contributed by atoms with Crippen molar-refractivity contribution in [3.8, 4) is 0 Å². The molecule has 1 spiro atoms. The third-order valence-corrected chi connectivity index (χ3v) is 7.04. The fourth-order valence-electron chi connectivity index (χ4n) is 5.40. The standard InChI is InChI=1S/C24H27N3O3/c1-2-20(28)27-10-3-4-15(13-27)16-5-6-17(23(25)29)22-21(16)18-12-24(9-11-30-14-24)8-7-19(18)26-22/h2,4-6,26H,1,3,7-14H2,(H2,25,29). The van der Waals surface area contributed by atoms with Gasteiger partial charge in [0.05, 0.1) is 17.7 Å². The molecule has 3 heterocycles. The number of aryl methyl sites for hydroxylation is 1. The van der Waals surface area contributed by atoms with Crippen molar-refractivity contribution >= 4 is 28.3 Å². The number of primary amides is 1. The van der Waals surface area contributed by atoms with Gasteiger partial charge in [-0.3, -0.25) is 9.59 Å². The molecule has 1 aliphatic carbocycles. The van der Waals surface area contributed by atoms with E-state index in [1.807, 2.05) is 17.0 Å². The van der Waals surface area contributed by atoms with Crippen molar-refractivity contribution in [3.05, 3.63) is 53.2 Å². The van der Waals surface area contributed by atoms with Crippen LogP contribution in [0.15, 0.2) is 30.9 Å². The zero-order chi connectivity index (χ0) is 20.9. The highest BCUT2D eigenvalue weighted by atomic mass is 16.5. The number of carbonyl (C=O) groups is 2. The van der Waals surface area contributed by atoms with E-state index in [0.29, 0.717) is 18.7 Å². The van der Waals surface area contributed by atoms with Gasteiger partial charge in [-0.05, 0) is 60.9 Å². The van der Waals surface area contributed by atoms with Gasteiger partial charge in [-0.1, -0.05) is 18.7 Å².